The van der Waals surface area contributed by atoms with Gasteiger partial charge in [0.05, 0.1) is 11.0 Å². The van der Waals surface area contributed by atoms with Crippen LogP contribution in [0.2, 0.25) is 0 Å². The smallest absolute Gasteiger partial charge is 0.222 e. The van der Waals surface area contributed by atoms with E-state index in [1.54, 1.807) is 0 Å². The van der Waals surface area contributed by atoms with E-state index < -0.39 is 0 Å². The predicted octanol–water partition coefficient (Wildman–Crippen LogP) is 3.12. The first-order valence-corrected chi connectivity index (χ1v) is 7.75. The SMILES string of the molecule is CNc1ncc2cc(-c3c(C)ccc4c(N)nn(C)c34)ccc2n1. The topological polar surface area (TPSA) is 81.6 Å². The van der Waals surface area contributed by atoms with Crippen molar-refractivity contribution in [1.82, 2.24) is 19.7 Å². The third-order valence-corrected chi connectivity index (χ3v) is 4.34. The fraction of sp³-hybridized carbons (Fsp3) is 0.167. The summed E-state index contributed by atoms with van der Waals surface area (Å²) < 4.78 is 1.85. The fourth-order valence-corrected chi connectivity index (χ4v) is 3.17. The second-order valence-electron chi connectivity index (χ2n) is 5.88. The van der Waals surface area contributed by atoms with Gasteiger partial charge in [-0.2, -0.15) is 5.10 Å². The number of aromatic nitrogens is 4. The van der Waals surface area contributed by atoms with Crippen LogP contribution in [0.4, 0.5) is 11.8 Å². The molecule has 0 fully saturated rings. The number of rotatable bonds is 2. The van der Waals surface area contributed by atoms with Gasteiger partial charge in [0.25, 0.3) is 0 Å². The summed E-state index contributed by atoms with van der Waals surface area (Å²) in [6.45, 7) is 2.10. The van der Waals surface area contributed by atoms with Gasteiger partial charge < -0.3 is 11.1 Å². The van der Waals surface area contributed by atoms with Crippen LogP contribution < -0.4 is 11.1 Å². The van der Waals surface area contributed by atoms with Gasteiger partial charge in [0.15, 0.2) is 5.82 Å². The minimum atomic E-state index is 0.552. The Kier molecular flexibility index (Phi) is 3.13. The Morgan fingerprint density at radius 1 is 1.17 bits per heavy atom. The molecule has 0 amide bonds. The van der Waals surface area contributed by atoms with Gasteiger partial charge in [-0.1, -0.05) is 12.1 Å². The summed E-state index contributed by atoms with van der Waals surface area (Å²) in [6, 6.07) is 10.3. The average molecular weight is 318 g/mol. The Labute approximate surface area is 139 Å². The summed E-state index contributed by atoms with van der Waals surface area (Å²) in [5, 5.41) is 9.30. The third kappa shape index (κ3) is 2.07. The van der Waals surface area contributed by atoms with Crippen molar-refractivity contribution < 1.29 is 0 Å². The Bertz CT molecular complexity index is 1080. The first-order chi connectivity index (χ1) is 11.6. The molecule has 0 bridgehead atoms. The van der Waals surface area contributed by atoms with E-state index in [9.17, 15) is 0 Å². The number of nitrogens with two attached hydrogens (primary N) is 1. The standard InChI is InChI=1S/C18H18N6/c1-10-4-6-13-16(24(3)23-17(13)19)15(10)11-5-7-14-12(8-11)9-21-18(20-2)22-14/h4-9H,1-3H3,(H2,19,23)(H,20,21,22). The van der Waals surface area contributed by atoms with Crippen molar-refractivity contribution in [2.24, 2.45) is 7.05 Å². The monoisotopic (exact) mass is 318 g/mol. The zero-order valence-corrected chi connectivity index (χ0v) is 13.8. The molecule has 0 unspecified atom stereocenters. The molecule has 0 saturated carbocycles. The lowest BCUT2D eigenvalue weighted by Gasteiger charge is -2.10. The zero-order chi connectivity index (χ0) is 16.8. The summed E-state index contributed by atoms with van der Waals surface area (Å²) in [5.41, 5.74) is 11.4. The van der Waals surface area contributed by atoms with E-state index in [1.807, 2.05) is 37.1 Å². The van der Waals surface area contributed by atoms with Gasteiger partial charge in [-0.05, 0) is 36.2 Å². The van der Waals surface area contributed by atoms with Crippen molar-refractivity contribution in [3.63, 3.8) is 0 Å². The second-order valence-corrected chi connectivity index (χ2v) is 5.88. The summed E-state index contributed by atoms with van der Waals surface area (Å²) >= 11 is 0. The van der Waals surface area contributed by atoms with Gasteiger partial charge in [0.2, 0.25) is 5.95 Å². The number of hydrogen-bond donors (Lipinski definition) is 2. The van der Waals surface area contributed by atoms with E-state index in [0.717, 1.165) is 32.9 Å². The first-order valence-electron chi connectivity index (χ1n) is 7.75. The molecule has 2 heterocycles. The van der Waals surface area contributed by atoms with Crippen molar-refractivity contribution in [2.75, 3.05) is 18.1 Å². The maximum atomic E-state index is 6.04. The molecule has 0 atom stereocenters. The summed E-state index contributed by atoms with van der Waals surface area (Å²) in [7, 11) is 3.73. The van der Waals surface area contributed by atoms with Crippen molar-refractivity contribution in [2.45, 2.75) is 6.92 Å². The Balaban J connectivity index is 2.00. The van der Waals surface area contributed by atoms with E-state index >= 15 is 0 Å². The highest BCUT2D eigenvalue weighted by Crippen LogP contribution is 2.35. The number of nitrogens with zero attached hydrogens (tertiary/aromatic N) is 4. The number of aryl methyl sites for hydroxylation is 2. The molecule has 4 aromatic rings. The molecule has 3 N–H and O–H groups in total. The molecule has 4 rings (SSSR count). The van der Waals surface area contributed by atoms with Gasteiger partial charge in [-0.25, -0.2) is 9.97 Å². The number of benzene rings is 2. The highest BCUT2D eigenvalue weighted by atomic mass is 15.3. The van der Waals surface area contributed by atoms with Crippen LogP contribution in [0.5, 0.6) is 0 Å². The molecule has 0 saturated heterocycles. The van der Waals surface area contributed by atoms with Gasteiger partial charge >= 0.3 is 0 Å². The minimum absolute atomic E-state index is 0.552. The lowest BCUT2D eigenvalue weighted by Crippen LogP contribution is -1.96. The highest BCUT2D eigenvalue weighted by Gasteiger charge is 2.14. The number of nitrogens with one attached hydrogen (secondary N) is 1. The second kappa shape index (κ2) is 5.19. The lowest BCUT2D eigenvalue weighted by molar-refractivity contribution is 0.802. The predicted molar refractivity (Wildman–Crippen MR) is 97.9 cm³/mol. The minimum Gasteiger partial charge on any atom is -0.382 e. The molecule has 0 aliphatic rings. The molecular weight excluding hydrogens is 300 g/mol. The van der Waals surface area contributed by atoms with E-state index in [0.29, 0.717) is 11.8 Å². The lowest BCUT2D eigenvalue weighted by atomic mass is 9.96. The van der Waals surface area contributed by atoms with Crippen LogP contribution in [0, 0.1) is 6.92 Å². The van der Waals surface area contributed by atoms with Crippen molar-refractivity contribution in [3.05, 3.63) is 42.1 Å². The van der Waals surface area contributed by atoms with E-state index in [2.05, 4.69) is 45.5 Å². The largest absolute Gasteiger partial charge is 0.382 e. The molecule has 6 heteroatoms. The maximum absolute atomic E-state index is 6.04. The molecular formula is C18H18N6. The number of hydrogen-bond acceptors (Lipinski definition) is 5. The first kappa shape index (κ1) is 14.4. The third-order valence-electron chi connectivity index (χ3n) is 4.34. The number of anilines is 2. The van der Waals surface area contributed by atoms with Crippen molar-refractivity contribution in [1.29, 1.82) is 0 Å². The van der Waals surface area contributed by atoms with Crippen molar-refractivity contribution in [3.8, 4) is 11.1 Å². The van der Waals surface area contributed by atoms with Crippen LogP contribution in [0.25, 0.3) is 32.9 Å². The van der Waals surface area contributed by atoms with Crippen LogP contribution in [0.15, 0.2) is 36.5 Å². The maximum Gasteiger partial charge on any atom is 0.222 e. The summed E-state index contributed by atoms with van der Waals surface area (Å²) in [4.78, 5) is 8.78. The number of fused-ring (bicyclic) bond motifs is 2. The Morgan fingerprint density at radius 2 is 2.00 bits per heavy atom. The van der Waals surface area contributed by atoms with Crippen LogP contribution in [0.1, 0.15) is 5.56 Å². The fourth-order valence-electron chi connectivity index (χ4n) is 3.17. The summed E-state index contributed by atoms with van der Waals surface area (Å²) in [6.07, 6.45) is 1.84. The van der Waals surface area contributed by atoms with Crippen LogP contribution >= 0.6 is 0 Å². The molecule has 2 aromatic carbocycles. The summed E-state index contributed by atoms with van der Waals surface area (Å²) in [5.74, 6) is 1.17. The van der Waals surface area contributed by atoms with Gasteiger partial charge in [-0.3, -0.25) is 4.68 Å². The quantitative estimate of drug-likeness (QED) is 0.593. The zero-order valence-electron chi connectivity index (χ0n) is 13.8. The highest BCUT2D eigenvalue weighted by molar-refractivity contribution is 6.02. The molecule has 24 heavy (non-hydrogen) atoms. The van der Waals surface area contributed by atoms with Crippen LogP contribution in [-0.4, -0.2) is 26.8 Å². The normalized spacial score (nSPS) is 11.3. The van der Waals surface area contributed by atoms with E-state index in [1.165, 1.54) is 5.56 Å². The van der Waals surface area contributed by atoms with E-state index in [4.69, 9.17) is 5.73 Å². The Morgan fingerprint density at radius 3 is 2.79 bits per heavy atom. The van der Waals surface area contributed by atoms with Gasteiger partial charge in [0.1, 0.15) is 0 Å². The van der Waals surface area contributed by atoms with Crippen molar-refractivity contribution >= 4 is 33.6 Å². The number of nitrogen functional groups attached to an aromatic ring is 1. The molecule has 6 nitrogen and oxygen atoms in total. The molecule has 2 aromatic heterocycles. The molecule has 0 aliphatic heterocycles. The Hall–Kier alpha value is -3.15. The van der Waals surface area contributed by atoms with Gasteiger partial charge in [0, 0.05) is 36.6 Å². The molecule has 0 radical (unpaired) electrons. The molecule has 0 spiro atoms. The van der Waals surface area contributed by atoms with Crippen LogP contribution in [-0.2, 0) is 7.05 Å². The average Bonchev–Trinajstić information content (AvgIpc) is 2.88. The van der Waals surface area contributed by atoms with Crippen LogP contribution in [0.3, 0.4) is 0 Å². The van der Waals surface area contributed by atoms with Gasteiger partial charge in [-0.15, -0.1) is 0 Å². The molecule has 0 aliphatic carbocycles. The van der Waals surface area contributed by atoms with E-state index in [-0.39, 0.29) is 0 Å². The molecule has 120 valence electrons.